The van der Waals surface area contributed by atoms with Crippen LogP contribution in [0.25, 0.3) is 0 Å². The van der Waals surface area contributed by atoms with Gasteiger partial charge in [-0.1, -0.05) is 12.1 Å². The van der Waals surface area contributed by atoms with Gasteiger partial charge in [-0.15, -0.1) is 0 Å². The fourth-order valence-corrected chi connectivity index (χ4v) is 4.66. The zero-order valence-corrected chi connectivity index (χ0v) is 14.0. The second-order valence-corrected chi connectivity index (χ2v) is 8.39. The minimum absolute atomic E-state index is 0.113. The number of hydrogen-bond acceptors (Lipinski definition) is 4. The van der Waals surface area contributed by atoms with Crippen molar-refractivity contribution in [2.45, 2.75) is 38.6 Å². The molecular formula is C16H22N2O3S. The lowest BCUT2D eigenvalue weighted by molar-refractivity contribution is 0.412. The van der Waals surface area contributed by atoms with Gasteiger partial charge in [0.1, 0.15) is 5.75 Å². The number of ether oxygens (including phenoxy) is 1. The van der Waals surface area contributed by atoms with Crippen molar-refractivity contribution in [3.8, 4) is 11.8 Å². The molecule has 1 aromatic carbocycles. The first kappa shape index (κ1) is 16.8. The number of sulfonamides is 1. The van der Waals surface area contributed by atoms with Gasteiger partial charge >= 0.3 is 0 Å². The number of nitriles is 1. The molecule has 0 heterocycles. The van der Waals surface area contributed by atoms with Crippen molar-refractivity contribution in [1.82, 2.24) is 4.72 Å². The molecule has 0 aliphatic heterocycles. The Morgan fingerprint density at radius 1 is 1.41 bits per heavy atom. The number of hydrogen-bond donors (Lipinski definition) is 1. The Morgan fingerprint density at radius 3 is 2.64 bits per heavy atom. The Morgan fingerprint density at radius 2 is 2.09 bits per heavy atom. The molecule has 0 saturated heterocycles. The van der Waals surface area contributed by atoms with Crippen LogP contribution in [0.2, 0.25) is 0 Å². The van der Waals surface area contributed by atoms with Gasteiger partial charge in [-0.05, 0) is 50.8 Å². The molecule has 0 atom stereocenters. The first-order chi connectivity index (χ1) is 10.2. The first-order valence-corrected chi connectivity index (χ1v) is 8.90. The van der Waals surface area contributed by atoms with Gasteiger partial charge < -0.3 is 4.74 Å². The van der Waals surface area contributed by atoms with E-state index < -0.39 is 21.0 Å². The van der Waals surface area contributed by atoms with Crippen LogP contribution in [0, 0.1) is 16.7 Å². The van der Waals surface area contributed by atoms with Crippen LogP contribution < -0.4 is 9.46 Å². The van der Waals surface area contributed by atoms with Crippen LogP contribution in [0.1, 0.15) is 32.3 Å². The summed E-state index contributed by atoms with van der Waals surface area (Å²) in [5.41, 5.74) is -0.303. The molecule has 0 bridgehead atoms. The highest BCUT2D eigenvalue weighted by Gasteiger charge is 2.47. The van der Waals surface area contributed by atoms with Gasteiger partial charge in [-0.3, -0.25) is 0 Å². The summed E-state index contributed by atoms with van der Waals surface area (Å²) >= 11 is 0. The molecule has 1 aliphatic rings. The highest BCUT2D eigenvalue weighted by molar-refractivity contribution is 7.89. The van der Waals surface area contributed by atoms with Gasteiger partial charge in [0.2, 0.25) is 10.0 Å². The Labute approximate surface area is 132 Å². The highest BCUT2D eigenvalue weighted by atomic mass is 32.2. The Kier molecular flexibility index (Phi) is 4.50. The molecule has 1 aliphatic carbocycles. The average Bonchev–Trinajstić information content (AvgIpc) is 3.16. The molecule has 1 N–H and O–H groups in total. The van der Waals surface area contributed by atoms with E-state index in [1.54, 1.807) is 7.11 Å². The van der Waals surface area contributed by atoms with Crippen LogP contribution in [-0.4, -0.2) is 26.8 Å². The minimum Gasteiger partial charge on any atom is -0.497 e. The first-order valence-electron chi connectivity index (χ1n) is 7.25. The monoisotopic (exact) mass is 322 g/mol. The second kappa shape index (κ2) is 5.90. The van der Waals surface area contributed by atoms with Gasteiger partial charge in [-0.2, -0.15) is 5.26 Å². The van der Waals surface area contributed by atoms with Crippen molar-refractivity contribution in [2.24, 2.45) is 5.41 Å². The number of rotatable bonds is 7. The zero-order valence-electron chi connectivity index (χ0n) is 13.2. The van der Waals surface area contributed by atoms with E-state index in [9.17, 15) is 8.42 Å². The van der Waals surface area contributed by atoms with Crippen molar-refractivity contribution >= 4 is 10.0 Å². The molecule has 1 aromatic rings. The van der Waals surface area contributed by atoms with Crippen LogP contribution in [0.4, 0.5) is 0 Å². The predicted octanol–water partition coefficient (Wildman–Crippen LogP) is 2.24. The van der Waals surface area contributed by atoms with Crippen LogP contribution in [-0.2, 0) is 16.4 Å². The van der Waals surface area contributed by atoms with E-state index >= 15 is 0 Å². The van der Waals surface area contributed by atoms with E-state index in [0.717, 1.165) is 11.3 Å². The SMILES string of the molecule is COc1cccc(CC(C)(C)NS(=O)(=O)CC2(C#N)CC2)c1. The van der Waals surface area contributed by atoms with Crippen LogP contribution in [0.5, 0.6) is 5.75 Å². The predicted molar refractivity (Wildman–Crippen MR) is 85.0 cm³/mol. The molecule has 6 heteroatoms. The van der Waals surface area contributed by atoms with Crippen molar-refractivity contribution < 1.29 is 13.2 Å². The van der Waals surface area contributed by atoms with Crippen LogP contribution in [0.15, 0.2) is 24.3 Å². The summed E-state index contributed by atoms with van der Waals surface area (Å²) in [5, 5.41) is 9.05. The smallest absolute Gasteiger partial charge is 0.213 e. The van der Waals surface area contributed by atoms with Gasteiger partial charge in [0.15, 0.2) is 0 Å². The number of nitrogens with zero attached hydrogens (tertiary/aromatic N) is 1. The summed E-state index contributed by atoms with van der Waals surface area (Å²) in [6, 6.07) is 9.69. The standard InChI is InChI=1S/C16H22N2O3S/c1-15(2,10-13-5-4-6-14(9-13)21-3)18-22(19,20)12-16(11-17)7-8-16/h4-6,9,18H,7-8,10,12H2,1-3H3. The molecule has 2 rings (SSSR count). The fraction of sp³-hybridized carbons (Fsp3) is 0.562. The molecule has 120 valence electrons. The van der Waals surface area contributed by atoms with E-state index in [4.69, 9.17) is 10.00 Å². The Balaban J connectivity index is 2.05. The molecule has 0 unspecified atom stereocenters. The van der Waals surface area contributed by atoms with Crippen molar-refractivity contribution in [1.29, 1.82) is 5.26 Å². The van der Waals surface area contributed by atoms with Crippen LogP contribution in [0.3, 0.4) is 0 Å². The van der Waals surface area contributed by atoms with E-state index in [1.165, 1.54) is 0 Å². The maximum Gasteiger partial charge on any atom is 0.213 e. The Bertz CT molecular complexity index is 686. The number of benzene rings is 1. The maximum absolute atomic E-state index is 12.3. The third-order valence-electron chi connectivity index (χ3n) is 3.77. The second-order valence-electron chi connectivity index (χ2n) is 6.67. The molecular weight excluding hydrogens is 300 g/mol. The molecule has 0 spiro atoms. The topological polar surface area (TPSA) is 79.2 Å². The van der Waals surface area contributed by atoms with Crippen molar-refractivity contribution in [2.75, 3.05) is 12.9 Å². The summed E-state index contributed by atoms with van der Waals surface area (Å²) in [7, 11) is -1.88. The van der Waals surface area contributed by atoms with E-state index in [-0.39, 0.29) is 5.75 Å². The van der Waals surface area contributed by atoms with Crippen molar-refractivity contribution in [3.05, 3.63) is 29.8 Å². The average molecular weight is 322 g/mol. The normalized spacial score (nSPS) is 16.8. The van der Waals surface area contributed by atoms with Crippen LogP contribution >= 0.6 is 0 Å². The quantitative estimate of drug-likeness (QED) is 0.835. The fourth-order valence-electron chi connectivity index (χ4n) is 2.59. The molecule has 1 fully saturated rings. The van der Waals surface area contributed by atoms with Gasteiger partial charge in [0.05, 0.1) is 24.3 Å². The summed E-state index contributed by atoms with van der Waals surface area (Å²) in [4.78, 5) is 0. The molecule has 5 nitrogen and oxygen atoms in total. The molecule has 0 amide bonds. The Hall–Kier alpha value is -1.58. The largest absolute Gasteiger partial charge is 0.497 e. The third-order valence-corrected chi connectivity index (χ3v) is 5.57. The van der Waals surface area contributed by atoms with Gasteiger partial charge in [0.25, 0.3) is 0 Å². The molecule has 22 heavy (non-hydrogen) atoms. The van der Waals surface area contributed by atoms with E-state index in [0.29, 0.717) is 19.3 Å². The van der Waals surface area contributed by atoms with E-state index in [1.807, 2.05) is 38.1 Å². The number of nitrogens with one attached hydrogen (secondary N) is 1. The van der Waals surface area contributed by atoms with Gasteiger partial charge in [-0.25, -0.2) is 13.1 Å². The summed E-state index contributed by atoms with van der Waals surface area (Å²) in [6.07, 6.45) is 1.88. The third kappa shape index (κ3) is 4.46. The lowest BCUT2D eigenvalue weighted by Gasteiger charge is -2.27. The molecule has 1 saturated carbocycles. The lowest BCUT2D eigenvalue weighted by atomic mass is 9.96. The molecule has 0 aromatic heterocycles. The summed E-state index contributed by atoms with van der Waals surface area (Å²) in [5.74, 6) is 0.635. The lowest BCUT2D eigenvalue weighted by Crippen LogP contribution is -2.47. The zero-order chi connectivity index (χ0) is 16.4. The summed E-state index contributed by atoms with van der Waals surface area (Å²) in [6.45, 7) is 3.69. The number of methoxy groups -OCH3 is 1. The van der Waals surface area contributed by atoms with Gasteiger partial charge in [0, 0.05) is 5.54 Å². The van der Waals surface area contributed by atoms with Crippen molar-refractivity contribution in [3.63, 3.8) is 0 Å². The summed E-state index contributed by atoms with van der Waals surface area (Å²) < 4.78 is 32.5. The highest BCUT2D eigenvalue weighted by Crippen LogP contribution is 2.45. The maximum atomic E-state index is 12.3. The minimum atomic E-state index is -3.49. The van der Waals surface area contributed by atoms with E-state index in [2.05, 4.69) is 10.8 Å². The molecule has 0 radical (unpaired) electrons.